The molecule has 0 radical (unpaired) electrons. The molecule has 3 nitrogen and oxygen atoms in total. The zero-order valence-corrected chi connectivity index (χ0v) is 12.2. The first-order chi connectivity index (χ1) is 9.13. The first kappa shape index (κ1) is 13.7. The van der Waals surface area contributed by atoms with E-state index in [1.807, 2.05) is 24.4 Å². The number of aryl methyl sites for hydroxylation is 1. The second-order valence-corrected chi connectivity index (χ2v) is 5.47. The molecule has 1 aromatic carbocycles. The van der Waals surface area contributed by atoms with Gasteiger partial charge in [0.05, 0.1) is 18.4 Å². The third-order valence-corrected chi connectivity index (χ3v) is 4.06. The molecule has 2 aromatic rings. The molecular weight excluding hydrogens is 280 g/mol. The first-order valence-electron chi connectivity index (χ1n) is 5.69. The Morgan fingerprint density at radius 3 is 2.84 bits per heavy atom. The minimum absolute atomic E-state index is 0.657. The standard InChI is InChI=1S/C14H13ClN2OS/c1-9-3-13(14(18-2)5-12(9)15)17-7-11-4-10(6-16)8-19-11/h3-5,8,17H,7H2,1-2H3. The SMILES string of the molecule is COc1cc(Cl)c(C)cc1NCc1cc(C#N)cs1. The Morgan fingerprint density at radius 1 is 1.42 bits per heavy atom. The van der Waals surface area contributed by atoms with Gasteiger partial charge in [-0.15, -0.1) is 11.3 Å². The lowest BCUT2D eigenvalue weighted by atomic mass is 10.2. The van der Waals surface area contributed by atoms with Crippen LogP contribution in [-0.4, -0.2) is 7.11 Å². The normalized spacial score (nSPS) is 10.0. The molecule has 0 saturated heterocycles. The Labute approximate surface area is 121 Å². The minimum Gasteiger partial charge on any atom is -0.495 e. The molecule has 0 aliphatic carbocycles. The van der Waals surface area contributed by atoms with Gasteiger partial charge in [0, 0.05) is 27.9 Å². The van der Waals surface area contributed by atoms with E-state index in [1.54, 1.807) is 24.5 Å². The third kappa shape index (κ3) is 3.19. The summed E-state index contributed by atoms with van der Waals surface area (Å²) in [5.74, 6) is 0.715. The summed E-state index contributed by atoms with van der Waals surface area (Å²) < 4.78 is 5.30. The number of hydrogen-bond donors (Lipinski definition) is 1. The van der Waals surface area contributed by atoms with Crippen molar-refractivity contribution < 1.29 is 4.74 Å². The summed E-state index contributed by atoms with van der Waals surface area (Å²) >= 11 is 7.62. The van der Waals surface area contributed by atoms with E-state index in [0.717, 1.165) is 16.1 Å². The lowest BCUT2D eigenvalue weighted by Gasteiger charge is -2.12. The van der Waals surface area contributed by atoms with E-state index < -0.39 is 0 Å². The van der Waals surface area contributed by atoms with Gasteiger partial charge in [-0.25, -0.2) is 0 Å². The number of halogens is 1. The molecule has 0 spiro atoms. The fourth-order valence-electron chi connectivity index (χ4n) is 1.68. The molecule has 0 aliphatic rings. The lowest BCUT2D eigenvalue weighted by Crippen LogP contribution is -2.00. The molecule has 0 atom stereocenters. The highest BCUT2D eigenvalue weighted by Gasteiger charge is 2.07. The summed E-state index contributed by atoms with van der Waals surface area (Å²) in [7, 11) is 1.62. The van der Waals surface area contributed by atoms with Crippen molar-refractivity contribution in [3.8, 4) is 11.8 Å². The number of methoxy groups -OCH3 is 1. The highest BCUT2D eigenvalue weighted by Crippen LogP contribution is 2.31. The second-order valence-electron chi connectivity index (χ2n) is 4.07. The predicted octanol–water partition coefficient (Wildman–Crippen LogP) is 4.20. The smallest absolute Gasteiger partial charge is 0.143 e. The van der Waals surface area contributed by atoms with Gasteiger partial charge in [0.15, 0.2) is 0 Å². The molecule has 0 aliphatic heterocycles. The van der Waals surface area contributed by atoms with Gasteiger partial charge in [0.2, 0.25) is 0 Å². The monoisotopic (exact) mass is 292 g/mol. The maximum Gasteiger partial charge on any atom is 0.143 e. The van der Waals surface area contributed by atoms with Crippen molar-refractivity contribution in [2.24, 2.45) is 0 Å². The van der Waals surface area contributed by atoms with E-state index in [0.29, 0.717) is 22.9 Å². The zero-order chi connectivity index (χ0) is 13.8. The highest BCUT2D eigenvalue weighted by atomic mass is 35.5. The number of hydrogen-bond acceptors (Lipinski definition) is 4. The number of ether oxygens (including phenoxy) is 1. The third-order valence-electron chi connectivity index (χ3n) is 2.72. The van der Waals surface area contributed by atoms with Crippen LogP contribution in [0.5, 0.6) is 5.75 Å². The summed E-state index contributed by atoms with van der Waals surface area (Å²) in [6.45, 7) is 2.61. The molecule has 0 fully saturated rings. The molecule has 19 heavy (non-hydrogen) atoms. The molecule has 1 aromatic heterocycles. The van der Waals surface area contributed by atoms with Crippen molar-refractivity contribution in [2.75, 3.05) is 12.4 Å². The summed E-state index contributed by atoms with van der Waals surface area (Å²) in [5.41, 5.74) is 2.59. The van der Waals surface area contributed by atoms with Gasteiger partial charge in [0.25, 0.3) is 0 Å². The Bertz CT molecular complexity index is 631. The van der Waals surface area contributed by atoms with E-state index >= 15 is 0 Å². The van der Waals surface area contributed by atoms with E-state index in [4.69, 9.17) is 21.6 Å². The molecule has 5 heteroatoms. The van der Waals surface area contributed by atoms with E-state index in [1.165, 1.54) is 0 Å². The Balaban J connectivity index is 2.15. The maximum atomic E-state index is 8.79. The van der Waals surface area contributed by atoms with E-state index in [2.05, 4.69) is 11.4 Å². The van der Waals surface area contributed by atoms with Crippen molar-refractivity contribution in [2.45, 2.75) is 13.5 Å². The van der Waals surface area contributed by atoms with Crippen LogP contribution in [0.1, 0.15) is 16.0 Å². The molecule has 0 unspecified atom stereocenters. The summed E-state index contributed by atoms with van der Waals surface area (Å²) in [4.78, 5) is 1.10. The van der Waals surface area contributed by atoms with Gasteiger partial charge in [-0.2, -0.15) is 5.26 Å². The predicted molar refractivity (Wildman–Crippen MR) is 79.1 cm³/mol. The lowest BCUT2D eigenvalue weighted by molar-refractivity contribution is 0.416. The number of benzene rings is 1. The van der Waals surface area contributed by atoms with Gasteiger partial charge < -0.3 is 10.1 Å². The maximum absolute atomic E-state index is 8.79. The van der Waals surface area contributed by atoms with Crippen LogP contribution in [0.25, 0.3) is 0 Å². The average Bonchev–Trinajstić information content (AvgIpc) is 2.87. The largest absolute Gasteiger partial charge is 0.495 e. The van der Waals surface area contributed by atoms with Crippen molar-refractivity contribution in [1.82, 2.24) is 0 Å². The van der Waals surface area contributed by atoms with Crippen LogP contribution in [-0.2, 0) is 6.54 Å². The Morgan fingerprint density at radius 2 is 2.21 bits per heavy atom. The number of thiophene rings is 1. The first-order valence-corrected chi connectivity index (χ1v) is 6.95. The van der Waals surface area contributed by atoms with Crippen LogP contribution >= 0.6 is 22.9 Å². The molecule has 98 valence electrons. The van der Waals surface area contributed by atoms with Crippen LogP contribution in [0.3, 0.4) is 0 Å². The van der Waals surface area contributed by atoms with Crippen LogP contribution in [0, 0.1) is 18.3 Å². The fourth-order valence-corrected chi connectivity index (χ4v) is 2.59. The van der Waals surface area contributed by atoms with Gasteiger partial charge >= 0.3 is 0 Å². The van der Waals surface area contributed by atoms with Gasteiger partial charge in [-0.1, -0.05) is 11.6 Å². The average molecular weight is 293 g/mol. The van der Waals surface area contributed by atoms with Crippen LogP contribution in [0.4, 0.5) is 5.69 Å². The van der Waals surface area contributed by atoms with E-state index in [-0.39, 0.29) is 0 Å². The molecule has 0 amide bonds. The molecule has 2 rings (SSSR count). The molecular formula is C14H13ClN2OS. The van der Waals surface area contributed by atoms with Crippen molar-refractivity contribution in [3.63, 3.8) is 0 Å². The fraction of sp³-hybridized carbons (Fsp3) is 0.214. The molecule has 1 N–H and O–H groups in total. The van der Waals surface area contributed by atoms with Gasteiger partial charge in [-0.3, -0.25) is 0 Å². The van der Waals surface area contributed by atoms with Crippen molar-refractivity contribution in [3.05, 3.63) is 44.6 Å². The highest BCUT2D eigenvalue weighted by molar-refractivity contribution is 7.10. The summed E-state index contributed by atoms with van der Waals surface area (Å²) in [6, 6.07) is 7.77. The molecule has 1 heterocycles. The number of anilines is 1. The van der Waals surface area contributed by atoms with Gasteiger partial charge in [0.1, 0.15) is 11.8 Å². The van der Waals surface area contributed by atoms with Crippen LogP contribution in [0.15, 0.2) is 23.6 Å². The molecule has 0 saturated carbocycles. The summed E-state index contributed by atoms with van der Waals surface area (Å²) in [6.07, 6.45) is 0. The second kappa shape index (κ2) is 5.96. The van der Waals surface area contributed by atoms with Crippen molar-refractivity contribution >= 4 is 28.6 Å². The topological polar surface area (TPSA) is 45.0 Å². The Hall–Kier alpha value is -1.70. The number of nitriles is 1. The number of nitrogens with one attached hydrogen (secondary N) is 1. The van der Waals surface area contributed by atoms with E-state index in [9.17, 15) is 0 Å². The number of nitrogens with zero attached hydrogens (tertiary/aromatic N) is 1. The van der Waals surface area contributed by atoms with Crippen molar-refractivity contribution in [1.29, 1.82) is 5.26 Å². The van der Waals surface area contributed by atoms with Crippen LogP contribution in [0.2, 0.25) is 5.02 Å². The summed E-state index contributed by atoms with van der Waals surface area (Å²) in [5, 5.41) is 14.6. The Kier molecular flexibility index (Phi) is 4.31. The zero-order valence-electron chi connectivity index (χ0n) is 10.7. The van der Waals surface area contributed by atoms with Gasteiger partial charge in [-0.05, 0) is 24.6 Å². The quantitative estimate of drug-likeness (QED) is 0.918. The molecule has 0 bridgehead atoms. The minimum atomic E-state index is 0.657. The van der Waals surface area contributed by atoms with Crippen LogP contribution < -0.4 is 10.1 Å². The number of rotatable bonds is 4.